The molecule has 0 saturated carbocycles. The number of nitriles is 1. The monoisotopic (exact) mass is 340 g/mol. The number of aliphatic carboxylic acids is 1. The van der Waals surface area contributed by atoms with Gasteiger partial charge in [-0.15, -0.1) is 0 Å². The van der Waals surface area contributed by atoms with Crippen molar-refractivity contribution >= 4 is 18.0 Å². The average molecular weight is 340 g/mol. The molecule has 0 fully saturated rings. The Kier molecular flexibility index (Phi) is 5.53. The van der Waals surface area contributed by atoms with E-state index in [1.807, 2.05) is 0 Å². The third-order valence-electron chi connectivity index (χ3n) is 3.39. The number of aromatic nitrogens is 2. The molecule has 0 atom stereocenters. The Morgan fingerprint density at radius 2 is 2.08 bits per heavy atom. The smallest absolute Gasteiger partial charge is 0.346 e. The first-order valence-corrected chi connectivity index (χ1v) is 7.30. The van der Waals surface area contributed by atoms with Gasteiger partial charge in [-0.2, -0.15) is 10.4 Å². The molecule has 0 aliphatic rings. The number of primary amides is 1. The summed E-state index contributed by atoms with van der Waals surface area (Å²) in [5, 5.41) is 22.4. The SMILES string of the molecule is COc1ccc(-c2nn(CCC(N)=O)cc2/C=C(\C#N)C(=O)O)cc1. The van der Waals surface area contributed by atoms with Crippen LogP contribution in [0.2, 0.25) is 0 Å². The number of hydrogen-bond donors (Lipinski definition) is 2. The fraction of sp³-hybridized carbons (Fsp3) is 0.176. The van der Waals surface area contributed by atoms with Gasteiger partial charge >= 0.3 is 5.97 Å². The summed E-state index contributed by atoms with van der Waals surface area (Å²) in [6.07, 6.45) is 2.91. The summed E-state index contributed by atoms with van der Waals surface area (Å²) in [5.74, 6) is -1.13. The summed E-state index contributed by atoms with van der Waals surface area (Å²) in [4.78, 5) is 22.0. The molecule has 0 saturated heterocycles. The first-order chi connectivity index (χ1) is 11.9. The number of carboxylic acids is 1. The standard InChI is InChI=1S/C17H16N4O4/c1-25-14-4-2-11(3-5-14)16-13(8-12(9-18)17(23)24)10-21(20-16)7-6-15(19)22/h2-5,8,10H,6-7H2,1H3,(H2,19,22)(H,23,24)/b12-8+. The lowest BCUT2D eigenvalue weighted by Crippen LogP contribution is -2.14. The Morgan fingerprint density at radius 1 is 1.40 bits per heavy atom. The minimum atomic E-state index is -1.33. The average Bonchev–Trinajstić information content (AvgIpc) is 3.00. The molecule has 0 bridgehead atoms. The molecular formula is C17H16N4O4. The maximum atomic E-state index is 11.1. The van der Waals surface area contributed by atoms with Crippen molar-refractivity contribution in [2.75, 3.05) is 7.11 Å². The fourth-order valence-corrected chi connectivity index (χ4v) is 2.15. The molecule has 2 rings (SSSR count). The maximum absolute atomic E-state index is 11.1. The van der Waals surface area contributed by atoms with E-state index in [2.05, 4.69) is 5.10 Å². The minimum absolute atomic E-state index is 0.0942. The van der Waals surface area contributed by atoms with Crippen molar-refractivity contribution in [1.82, 2.24) is 9.78 Å². The number of benzene rings is 1. The number of ether oxygens (including phenoxy) is 1. The number of carboxylic acid groups (broad SMARTS) is 1. The van der Waals surface area contributed by atoms with Crippen LogP contribution in [0, 0.1) is 11.3 Å². The van der Waals surface area contributed by atoms with Crippen LogP contribution in [0.1, 0.15) is 12.0 Å². The van der Waals surface area contributed by atoms with Crippen LogP contribution >= 0.6 is 0 Å². The highest BCUT2D eigenvalue weighted by Crippen LogP contribution is 2.26. The second-order valence-corrected chi connectivity index (χ2v) is 5.12. The third kappa shape index (κ3) is 4.45. The number of carbonyl (C=O) groups is 2. The van der Waals surface area contributed by atoms with Crippen LogP contribution in [0.15, 0.2) is 36.0 Å². The van der Waals surface area contributed by atoms with Crippen molar-refractivity contribution < 1.29 is 19.4 Å². The van der Waals surface area contributed by atoms with E-state index in [0.29, 0.717) is 22.6 Å². The van der Waals surface area contributed by atoms with Crippen molar-refractivity contribution in [2.45, 2.75) is 13.0 Å². The molecule has 8 nitrogen and oxygen atoms in total. The molecule has 128 valence electrons. The van der Waals surface area contributed by atoms with Gasteiger partial charge in [-0.25, -0.2) is 4.79 Å². The Hall–Kier alpha value is -3.60. The van der Waals surface area contributed by atoms with Gasteiger partial charge < -0.3 is 15.6 Å². The van der Waals surface area contributed by atoms with Crippen molar-refractivity contribution in [2.24, 2.45) is 5.73 Å². The van der Waals surface area contributed by atoms with E-state index in [1.165, 1.54) is 10.8 Å². The highest BCUT2D eigenvalue weighted by molar-refractivity contribution is 5.97. The first-order valence-electron chi connectivity index (χ1n) is 7.30. The van der Waals surface area contributed by atoms with Crippen LogP contribution in [0.3, 0.4) is 0 Å². The summed E-state index contributed by atoms with van der Waals surface area (Å²) < 4.78 is 6.60. The number of hydrogen-bond acceptors (Lipinski definition) is 5. The summed E-state index contributed by atoms with van der Waals surface area (Å²) in [6.45, 7) is 0.251. The van der Waals surface area contributed by atoms with Crippen LogP contribution in [-0.2, 0) is 16.1 Å². The Balaban J connectivity index is 2.49. The molecule has 3 N–H and O–H groups in total. The summed E-state index contributed by atoms with van der Waals surface area (Å²) >= 11 is 0. The highest BCUT2D eigenvalue weighted by atomic mass is 16.5. The highest BCUT2D eigenvalue weighted by Gasteiger charge is 2.14. The number of nitrogens with zero attached hydrogens (tertiary/aromatic N) is 3. The predicted molar refractivity (Wildman–Crippen MR) is 89.3 cm³/mol. The van der Waals surface area contributed by atoms with Crippen LogP contribution in [-0.4, -0.2) is 33.9 Å². The summed E-state index contributed by atoms with van der Waals surface area (Å²) in [6, 6.07) is 8.66. The van der Waals surface area contributed by atoms with E-state index < -0.39 is 17.4 Å². The van der Waals surface area contributed by atoms with E-state index in [9.17, 15) is 9.59 Å². The van der Waals surface area contributed by atoms with Gasteiger partial charge in [0.1, 0.15) is 17.4 Å². The molecule has 1 aromatic carbocycles. The maximum Gasteiger partial charge on any atom is 0.346 e. The normalized spacial score (nSPS) is 11.0. The van der Waals surface area contributed by atoms with E-state index in [4.69, 9.17) is 20.8 Å². The summed E-state index contributed by atoms with van der Waals surface area (Å²) in [5.41, 5.74) is 6.39. The van der Waals surface area contributed by atoms with E-state index in [-0.39, 0.29) is 13.0 Å². The second kappa shape index (κ2) is 7.79. The molecule has 1 heterocycles. The Morgan fingerprint density at radius 3 is 2.60 bits per heavy atom. The van der Waals surface area contributed by atoms with Gasteiger partial charge in [0, 0.05) is 30.3 Å². The van der Waals surface area contributed by atoms with Crippen molar-refractivity contribution in [3.63, 3.8) is 0 Å². The quantitative estimate of drug-likeness (QED) is 0.579. The molecule has 0 spiro atoms. The van der Waals surface area contributed by atoms with Gasteiger partial charge in [-0.1, -0.05) is 0 Å². The number of carbonyl (C=O) groups excluding carboxylic acids is 1. The van der Waals surface area contributed by atoms with Crippen LogP contribution in [0.25, 0.3) is 17.3 Å². The lowest BCUT2D eigenvalue weighted by Gasteiger charge is -2.02. The van der Waals surface area contributed by atoms with Gasteiger partial charge in [0.15, 0.2) is 0 Å². The van der Waals surface area contributed by atoms with Gasteiger partial charge in [0.25, 0.3) is 0 Å². The van der Waals surface area contributed by atoms with Gasteiger partial charge in [-0.3, -0.25) is 9.48 Å². The fourth-order valence-electron chi connectivity index (χ4n) is 2.15. The van der Waals surface area contributed by atoms with E-state index >= 15 is 0 Å². The van der Waals surface area contributed by atoms with Gasteiger partial charge in [0.2, 0.25) is 5.91 Å². The van der Waals surface area contributed by atoms with Gasteiger partial charge in [-0.05, 0) is 30.3 Å². The topological polar surface area (TPSA) is 131 Å². The molecule has 2 aromatic rings. The molecule has 25 heavy (non-hydrogen) atoms. The molecule has 1 amide bonds. The lowest BCUT2D eigenvalue weighted by atomic mass is 10.1. The minimum Gasteiger partial charge on any atom is -0.497 e. The van der Waals surface area contributed by atoms with E-state index in [0.717, 1.165) is 0 Å². The number of nitrogens with two attached hydrogens (primary N) is 1. The van der Waals surface area contributed by atoms with Crippen molar-refractivity contribution in [1.29, 1.82) is 5.26 Å². The van der Waals surface area contributed by atoms with Crippen LogP contribution in [0.4, 0.5) is 0 Å². The van der Waals surface area contributed by atoms with E-state index in [1.54, 1.807) is 43.6 Å². The van der Waals surface area contributed by atoms with Crippen molar-refractivity contribution in [3.05, 3.63) is 41.6 Å². The number of rotatable bonds is 7. The zero-order valence-electron chi connectivity index (χ0n) is 13.5. The molecular weight excluding hydrogens is 324 g/mol. The molecule has 1 aromatic heterocycles. The van der Waals surface area contributed by atoms with Crippen LogP contribution < -0.4 is 10.5 Å². The number of aryl methyl sites for hydroxylation is 1. The molecule has 0 aliphatic heterocycles. The molecule has 0 aliphatic carbocycles. The predicted octanol–water partition coefficient (Wildman–Crippen LogP) is 1.43. The lowest BCUT2D eigenvalue weighted by molar-refractivity contribution is -0.132. The van der Waals surface area contributed by atoms with Crippen LogP contribution in [0.5, 0.6) is 5.75 Å². The Labute approximate surface area is 143 Å². The van der Waals surface area contributed by atoms with Crippen molar-refractivity contribution in [3.8, 4) is 23.1 Å². The third-order valence-corrected chi connectivity index (χ3v) is 3.39. The van der Waals surface area contributed by atoms with Gasteiger partial charge in [0.05, 0.1) is 12.8 Å². The molecule has 0 unspecified atom stereocenters. The number of amides is 1. The zero-order chi connectivity index (χ0) is 18.4. The Bertz CT molecular complexity index is 860. The second-order valence-electron chi connectivity index (χ2n) is 5.12. The first kappa shape index (κ1) is 17.7. The number of methoxy groups -OCH3 is 1. The molecule has 8 heteroatoms. The zero-order valence-corrected chi connectivity index (χ0v) is 13.5. The molecule has 0 radical (unpaired) electrons. The largest absolute Gasteiger partial charge is 0.497 e. The summed E-state index contributed by atoms with van der Waals surface area (Å²) in [7, 11) is 1.55.